The Balaban J connectivity index is 1.39. The highest BCUT2D eigenvalue weighted by atomic mass is 32.2. The van der Waals surface area contributed by atoms with Crippen molar-refractivity contribution in [2.24, 2.45) is 11.8 Å². The Labute approximate surface area is 136 Å². The number of nitrogens with one attached hydrogen (secondary N) is 2. The first-order valence-electron chi connectivity index (χ1n) is 8.08. The zero-order valence-electron chi connectivity index (χ0n) is 12.2. The molecule has 0 radical (unpaired) electrons. The van der Waals surface area contributed by atoms with Gasteiger partial charge in [0.25, 0.3) is 0 Å². The molecule has 4 atom stereocenters. The Morgan fingerprint density at radius 1 is 1.10 bits per heavy atom. The number of fused-ring (bicyclic) bond motifs is 3. The van der Waals surface area contributed by atoms with Crippen LogP contribution in [0, 0.1) is 11.8 Å². The molecule has 0 saturated heterocycles. The lowest BCUT2D eigenvalue weighted by atomic mass is 9.95. The second kappa shape index (κ2) is 5.81. The van der Waals surface area contributed by atoms with Gasteiger partial charge in [0.15, 0.2) is 5.11 Å². The van der Waals surface area contributed by atoms with Crippen molar-refractivity contribution in [2.75, 3.05) is 5.75 Å². The molecule has 0 unspecified atom stereocenters. The Morgan fingerprint density at radius 3 is 2.81 bits per heavy atom. The minimum absolute atomic E-state index is 0.376. The summed E-state index contributed by atoms with van der Waals surface area (Å²) in [4.78, 5) is 1.41. The van der Waals surface area contributed by atoms with Crippen LogP contribution in [0.15, 0.2) is 29.2 Å². The number of benzene rings is 1. The number of hydrogen-bond acceptors (Lipinski definition) is 2. The van der Waals surface area contributed by atoms with E-state index in [0.29, 0.717) is 12.1 Å². The molecule has 112 valence electrons. The highest BCUT2D eigenvalue weighted by Gasteiger charge is 2.39. The molecule has 2 aliphatic carbocycles. The summed E-state index contributed by atoms with van der Waals surface area (Å²) in [6.07, 6.45) is 6.73. The van der Waals surface area contributed by atoms with Gasteiger partial charge in [0.1, 0.15) is 0 Å². The summed E-state index contributed by atoms with van der Waals surface area (Å²) in [5, 5.41) is 8.03. The lowest BCUT2D eigenvalue weighted by molar-refractivity contribution is 0.387. The van der Waals surface area contributed by atoms with Crippen LogP contribution in [-0.4, -0.2) is 16.9 Å². The van der Waals surface area contributed by atoms with E-state index in [4.69, 9.17) is 12.2 Å². The molecular formula is C17H22N2S2. The quantitative estimate of drug-likeness (QED) is 0.808. The summed E-state index contributed by atoms with van der Waals surface area (Å²) in [6.45, 7) is 0. The SMILES string of the molecule is S=C(N[C@H]1CCSc2ccccc21)N[C@H]1C[C@H]2CC[C@H]1C2. The smallest absolute Gasteiger partial charge is 0.167 e. The zero-order chi connectivity index (χ0) is 14.2. The lowest BCUT2D eigenvalue weighted by Crippen LogP contribution is -2.45. The molecule has 2 fully saturated rings. The predicted octanol–water partition coefficient (Wildman–Crippen LogP) is 3.88. The first-order valence-corrected chi connectivity index (χ1v) is 9.48. The monoisotopic (exact) mass is 318 g/mol. The van der Waals surface area contributed by atoms with Crippen LogP contribution in [-0.2, 0) is 0 Å². The van der Waals surface area contributed by atoms with Crippen LogP contribution in [0.5, 0.6) is 0 Å². The second-order valence-corrected chi connectivity index (χ2v) is 8.17. The molecule has 2 nitrogen and oxygen atoms in total. The summed E-state index contributed by atoms with van der Waals surface area (Å²) in [5.41, 5.74) is 1.41. The van der Waals surface area contributed by atoms with Gasteiger partial charge in [-0.15, -0.1) is 11.8 Å². The molecular weight excluding hydrogens is 296 g/mol. The van der Waals surface area contributed by atoms with Gasteiger partial charge >= 0.3 is 0 Å². The van der Waals surface area contributed by atoms with Crippen molar-refractivity contribution in [1.82, 2.24) is 10.6 Å². The Bertz CT molecular complexity index is 545. The number of rotatable bonds is 2. The van der Waals surface area contributed by atoms with Crippen LogP contribution in [0.3, 0.4) is 0 Å². The number of thiocarbonyl (C=S) groups is 1. The summed E-state index contributed by atoms with van der Waals surface area (Å²) in [7, 11) is 0. The summed E-state index contributed by atoms with van der Waals surface area (Å²) in [5.74, 6) is 3.00. The summed E-state index contributed by atoms with van der Waals surface area (Å²) in [6, 6.07) is 9.71. The van der Waals surface area contributed by atoms with Crippen LogP contribution < -0.4 is 10.6 Å². The summed E-state index contributed by atoms with van der Waals surface area (Å²) < 4.78 is 0. The largest absolute Gasteiger partial charge is 0.360 e. The molecule has 4 rings (SSSR count). The highest BCUT2D eigenvalue weighted by Crippen LogP contribution is 2.44. The Kier molecular flexibility index (Phi) is 3.84. The maximum absolute atomic E-state index is 5.59. The number of hydrogen-bond donors (Lipinski definition) is 2. The molecule has 3 aliphatic rings. The molecule has 2 saturated carbocycles. The molecule has 0 amide bonds. The molecule has 21 heavy (non-hydrogen) atoms. The lowest BCUT2D eigenvalue weighted by Gasteiger charge is -2.30. The van der Waals surface area contributed by atoms with Gasteiger partial charge in [0.05, 0.1) is 6.04 Å². The van der Waals surface area contributed by atoms with Gasteiger partial charge in [-0.25, -0.2) is 0 Å². The third-order valence-electron chi connectivity index (χ3n) is 5.32. The van der Waals surface area contributed by atoms with Crippen molar-refractivity contribution in [3.63, 3.8) is 0 Å². The Morgan fingerprint density at radius 2 is 2.00 bits per heavy atom. The highest BCUT2D eigenvalue weighted by molar-refractivity contribution is 7.99. The molecule has 4 heteroatoms. The third kappa shape index (κ3) is 2.80. The fraction of sp³-hybridized carbons (Fsp3) is 0.588. The molecule has 1 aliphatic heterocycles. The first kappa shape index (κ1) is 13.9. The third-order valence-corrected chi connectivity index (χ3v) is 6.68. The van der Waals surface area contributed by atoms with Crippen molar-refractivity contribution in [2.45, 2.75) is 49.1 Å². The first-order chi connectivity index (χ1) is 10.3. The van der Waals surface area contributed by atoms with Gasteiger partial charge in [-0.3, -0.25) is 0 Å². The average Bonchev–Trinajstić information content (AvgIpc) is 3.10. The second-order valence-electron chi connectivity index (χ2n) is 6.63. The average molecular weight is 319 g/mol. The molecule has 2 bridgehead atoms. The maximum atomic E-state index is 5.59. The van der Waals surface area contributed by atoms with E-state index in [1.807, 2.05) is 11.8 Å². The van der Waals surface area contributed by atoms with Crippen LogP contribution in [0.2, 0.25) is 0 Å². The van der Waals surface area contributed by atoms with Gasteiger partial charge < -0.3 is 10.6 Å². The van der Waals surface area contributed by atoms with E-state index in [-0.39, 0.29) is 0 Å². The minimum Gasteiger partial charge on any atom is -0.360 e. The van der Waals surface area contributed by atoms with E-state index in [1.54, 1.807) is 0 Å². The standard InChI is InChI=1S/C17H22N2S2/c20-17(19-15-10-11-5-6-12(15)9-11)18-14-7-8-21-16-4-2-1-3-13(14)16/h1-4,11-12,14-15H,5-10H2,(H2,18,19,20)/t11-,12-,14-,15-/m0/s1. The van der Waals surface area contributed by atoms with E-state index in [0.717, 1.165) is 23.4 Å². The minimum atomic E-state index is 0.376. The van der Waals surface area contributed by atoms with Crippen LogP contribution in [0.1, 0.15) is 43.7 Å². The van der Waals surface area contributed by atoms with E-state index >= 15 is 0 Å². The van der Waals surface area contributed by atoms with E-state index in [2.05, 4.69) is 34.9 Å². The van der Waals surface area contributed by atoms with Crippen molar-refractivity contribution in [1.29, 1.82) is 0 Å². The van der Waals surface area contributed by atoms with Crippen LogP contribution in [0.4, 0.5) is 0 Å². The molecule has 0 aromatic heterocycles. The normalized spacial score (nSPS) is 33.5. The van der Waals surface area contributed by atoms with Crippen molar-refractivity contribution < 1.29 is 0 Å². The Hall–Kier alpha value is -0.740. The van der Waals surface area contributed by atoms with Crippen LogP contribution in [0.25, 0.3) is 0 Å². The molecule has 1 aromatic rings. The number of thioether (sulfide) groups is 1. The van der Waals surface area contributed by atoms with Crippen molar-refractivity contribution >= 4 is 29.1 Å². The van der Waals surface area contributed by atoms with Gasteiger partial charge in [-0.05, 0) is 61.4 Å². The maximum Gasteiger partial charge on any atom is 0.167 e. The molecule has 2 N–H and O–H groups in total. The molecule has 0 spiro atoms. The fourth-order valence-electron chi connectivity index (χ4n) is 4.28. The van der Waals surface area contributed by atoms with Crippen molar-refractivity contribution in [3.05, 3.63) is 29.8 Å². The van der Waals surface area contributed by atoms with Crippen molar-refractivity contribution in [3.8, 4) is 0 Å². The van der Waals surface area contributed by atoms with E-state index in [1.165, 1.54) is 41.9 Å². The van der Waals surface area contributed by atoms with Gasteiger partial charge in [-0.1, -0.05) is 24.6 Å². The van der Waals surface area contributed by atoms with Gasteiger partial charge in [-0.2, -0.15) is 0 Å². The van der Waals surface area contributed by atoms with Gasteiger partial charge in [0.2, 0.25) is 0 Å². The zero-order valence-corrected chi connectivity index (χ0v) is 13.8. The van der Waals surface area contributed by atoms with Gasteiger partial charge in [0, 0.05) is 16.7 Å². The predicted molar refractivity (Wildman–Crippen MR) is 92.6 cm³/mol. The molecule has 1 heterocycles. The fourth-order valence-corrected chi connectivity index (χ4v) is 5.70. The topological polar surface area (TPSA) is 24.1 Å². The summed E-state index contributed by atoms with van der Waals surface area (Å²) >= 11 is 7.55. The van der Waals surface area contributed by atoms with Crippen LogP contribution >= 0.6 is 24.0 Å². The molecule has 1 aromatic carbocycles. The van der Waals surface area contributed by atoms with E-state index < -0.39 is 0 Å². The van der Waals surface area contributed by atoms with E-state index in [9.17, 15) is 0 Å².